The van der Waals surface area contributed by atoms with E-state index in [-0.39, 0.29) is 12.1 Å². The Kier molecular flexibility index (Phi) is 5.79. The fourth-order valence-electron chi connectivity index (χ4n) is 1.16. The predicted molar refractivity (Wildman–Crippen MR) is 74.5 cm³/mol. The molecule has 0 heterocycles. The number of rotatable bonds is 4. The zero-order valence-electron chi connectivity index (χ0n) is 11.7. The number of oxime groups is 1. The molecule has 0 amide bonds. The maximum absolute atomic E-state index is 11.5. The molecule has 0 saturated heterocycles. The van der Waals surface area contributed by atoms with E-state index in [0.29, 0.717) is 5.69 Å². The second kappa shape index (κ2) is 7.34. The van der Waals surface area contributed by atoms with Crippen LogP contribution in [0.1, 0.15) is 20.8 Å². The molecule has 20 heavy (non-hydrogen) atoms. The van der Waals surface area contributed by atoms with Crippen molar-refractivity contribution < 1.29 is 19.6 Å². The summed E-state index contributed by atoms with van der Waals surface area (Å²) in [5.74, 6) is -1.00. The van der Waals surface area contributed by atoms with Crippen LogP contribution >= 0.6 is 0 Å². The molecule has 0 saturated carbocycles. The van der Waals surface area contributed by atoms with Gasteiger partial charge in [-0.05, 0) is 38.1 Å². The van der Waals surface area contributed by atoms with Crippen LogP contribution in [0.4, 0.5) is 5.69 Å². The minimum atomic E-state index is -1.28. The number of carbonyl (C=O) groups is 1. The van der Waals surface area contributed by atoms with Crippen molar-refractivity contribution in [1.29, 1.82) is 0 Å². The Hall–Kier alpha value is -2.28. The summed E-state index contributed by atoms with van der Waals surface area (Å²) in [6.45, 7) is 4.86. The van der Waals surface area contributed by atoms with Gasteiger partial charge in [0.2, 0.25) is 0 Å². The minimum Gasteiger partial charge on any atom is -0.390 e. The van der Waals surface area contributed by atoms with Gasteiger partial charge in [0.15, 0.2) is 6.10 Å². The number of hydrogen-bond acceptors (Lipinski definition) is 5. The number of benzene rings is 1. The van der Waals surface area contributed by atoms with Gasteiger partial charge in [-0.1, -0.05) is 18.2 Å². The molecular formula is C13H19N3O4. The van der Waals surface area contributed by atoms with Gasteiger partial charge in [-0.2, -0.15) is 0 Å². The van der Waals surface area contributed by atoms with Gasteiger partial charge in [0, 0.05) is 0 Å². The summed E-state index contributed by atoms with van der Waals surface area (Å²) < 4.78 is 0. The number of hydroxylamine groups is 1. The molecule has 7 nitrogen and oxygen atoms in total. The zero-order chi connectivity index (χ0) is 15.1. The standard InChI is InChI=1S/C13H19N3O4/c1-9(2)19-15-13(14)16(20-12(18)10(3)17)11-7-5-4-6-8-11/h4-10,17H,1-3H3,(H2,14,15). The van der Waals surface area contributed by atoms with Crippen LogP contribution in [0.3, 0.4) is 0 Å². The van der Waals surface area contributed by atoms with Gasteiger partial charge in [-0.3, -0.25) is 0 Å². The summed E-state index contributed by atoms with van der Waals surface area (Å²) in [6.07, 6.45) is -1.45. The van der Waals surface area contributed by atoms with E-state index in [4.69, 9.17) is 15.4 Å². The molecule has 0 bridgehead atoms. The van der Waals surface area contributed by atoms with E-state index in [2.05, 4.69) is 5.16 Å². The summed E-state index contributed by atoms with van der Waals surface area (Å²) in [6, 6.07) is 8.64. The first-order valence-electron chi connectivity index (χ1n) is 6.16. The third kappa shape index (κ3) is 4.77. The molecule has 7 heteroatoms. The van der Waals surface area contributed by atoms with E-state index >= 15 is 0 Å². The van der Waals surface area contributed by atoms with E-state index in [1.807, 2.05) is 0 Å². The third-order valence-corrected chi connectivity index (χ3v) is 2.08. The van der Waals surface area contributed by atoms with Crippen LogP contribution < -0.4 is 10.8 Å². The number of guanidine groups is 1. The number of aliphatic hydroxyl groups is 1. The summed E-state index contributed by atoms with van der Waals surface area (Å²) in [5.41, 5.74) is 6.22. The summed E-state index contributed by atoms with van der Waals surface area (Å²) in [7, 11) is 0. The fraction of sp³-hybridized carbons (Fsp3) is 0.385. The van der Waals surface area contributed by atoms with E-state index in [9.17, 15) is 9.90 Å². The molecule has 3 N–H and O–H groups in total. The Morgan fingerprint density at radius 1 is 1.30 bits per heavy atom. The average molecular weight is 281 g/mol. The van der Waals surface area contributed by atoms with Gasteiger partial charge in [0.1, 0.15) is 6.10 Å². The Labute approximate surface area is 117 Å². The van der Waals surface area contributed by atoms with Crippen LogP contribution in [0.5, 0.6) is 0 Å². The second-order valence-corrected chi connectivity index (χ2v) is 4.32. The number of carbonyl (C=O) groups excluding carboxylic acids is 1. The van der Waals surface area contributed by atoms with E-state index in [0.717, 1.165) is 5.06 Å². The quantitative estimate of drug-likeness (QED) is 0.485. The van der Waals surface area contributed by atoms with Gasteiger partial charge >= 0.3 is 5.97 Å². The number of aliphatic hydroxyl groups excluding tert-OH is 1. The largest absolute Gasteiger partial charge is 0.390 e. The van der Waals surface area contributed by atoms with Crippen molar-refractivity contribution in [2.75, 3.05) is 5.06 Å². The third-order valence-electron chi connectivity index (χ3n) is 2.08. The van der Waals surface area contributed by atoms with Crippen LogP contribution in [0, 0.1) is 0 Å². The number of nitrogens with two attached hydrogens (primary N) is 1. The predicted octanol–water partition coefficient (Wildman–Crippen LogP) is 0.987. The molecule has 0 spiro atoms. The monoisotopic (exact) mass is 281 g/mol. The number of para-hydroxylation sites is 1. The fourth-order valence-corrected chi connectivity index (χ4v) is 1.16. The smallest absolute Gasteiger partial charge is 0.360 e. The average Bonchev–Trinajstić information content (AvgIpc) is 2.42. The molecule has 0 aliphatic rings. The first-order chi connectivity index (χ1) is 9.41. The lowest BCUT2D eigenvalue weighted by Gasteiger charge is -2.22. The van der Waals surface area contributed by atoms with Crippen molar-refractivity contribution >= 4 is 17.6 Å². The van der Waals surface area contributed by atoms with Crippen LogP contribution in [0.25, 0.3) is 0 Å². The van der Waals surface area contributed by atoms with Gasteiger partial charge < -0.3 is 20.5 Å². The maximum atomic E-state index is 11.5. The van der Waals surface area contributed by atoms with E-state index in [1.54, 1.807) is 44.2 Å². The molecule has 1 aromatic rings. The molecule has 1 unspecified atom stereocenters. The van der Waals surface area contributed by atoms with Crippen molar-refractivity contribution in [3.63, 3.8) is 0 Å². The number of nitrogens with zero attached hydrogens (tertiary/aromatic N) is 2. The lowest BCUT2D eigenvalue weighted by atomic mass is 10.3. The lowest BCUT2D eigenvalue weighted by Crippen LogP contribution is -2.41. The minimum absolute atomic E-state index is 0.154. The summed E-state index contributed by atoms with van der Waals surface area (Å²) in [5, 5.41) is 13.9. The molecule has 0 aliphatic carbocycles. The second-order valence-electron chi connectivity index (χ2n) is 4.32. The first-order valence-corrected chi connectivity index (χ1v) is 6.16. The zero-order valence-corrected chi connectivity index (χ0v) is 11.7. The highest BCUT2D eigenvalue weighted by molar-refractivity contribution is 5.94. The van der Waals surface area contributed by atoms with E-state index in [1.165, 1.54) is 6.92 Å². The van der Waals surface area contributed by atoms with Crippen molar-refractivity contribution in [3.8, 4) is 0 Å². The van der Waals surface area contributed by atoms with Crippen LogP contribution in [0.15, 0.2) is 35.5 Å². The summed E-state index contributed by atoms with van der Waals surface area (Å²) in [4.78, 5) is 21.5. The molecule has 1 rings (SSSR count). The Morgan fingerprint density at radius 2 is 1.90 bits per heavy atom. The topological polar surface area (TPSA) is 97.4 Å². The van der Waals surface area contributed by atoms with Crippen molar-refractivity contribution in [3.05, 3.63) is 30.3 Å². The number of hydrogen-bond donors (Lipinski definition) is 2. The van der Waals surface area contributed by atoms with Gasteiger partial charge in [0.25, 0.3) is 5.96 Å². The molecule has 0 radical (unpaired) electrons. The highest BCUT2D eigenvalue weighted by atomic mass is 16.7. The van der Waals surface area contributed by atoms with Crippen LogP contribution in [0.2, 0.25) is 0 Å². The van der Waals surface area contributed by atoms with Crippen LogP contribution in [-0.2, 0) is 14.5 Å². The molecule has 1 atom stereocenters. The lowest BCUT2D eigenvalue weighted by molar-refractivity contribution is -0.152. The van der Waals surface area contributed by atoms with Crippen molar-refractivity contribution in [2.24, 2.45) is 10.9 Å². The number of anilines is 1. The normalized spacial score (nSPS) is 12.9. The van der Waals surface area contributed by atoms with Crippen molar-refractivity contribution in [2.45, 2.75) is 33.0 Å². The maximum Gasteiger partial charge on any atom is 0.360 e. The Balaban J connectivity index is 2.96. The van der Waals surface area contributed by atoms with Gasteiger partial charge in [-0.15, -0.1) is 5.06 Å². The Bertz CT molecular complexity index is 460. The molecule has 0 fully saturated rings. The molecule has 0 aliphatic heterocycles. The van der Waals surface area contributed by atoms with Crippen molar-refractivity contribution in [1.82, 2.24) is 0 Å². The highest BCUT2D eigenvalue weighted by Gasteiger charge is 2.20. The molecule has 1 aromatic carbocycles. The van der Waals surface area contributed by atoms with Gasteiger partial charge in [-0.25, -0.2) is 4.79 Å². The molecule has 110 valence electrons. The first kappa shape index (κ1) is 15.8. The van der Waals surface area contributed by atoms with E-state index < -0.39 is 12.1 Å². The van der Waals surface area contributed by atoms with Gasteiger partial charge in [0.05, 0.1) is 5.69 Å². The highest BCUT2D eigenvalue weighted by Crippen LogP contribution is 2.14. The molecular weight excluding hydrogens is 262 g/mol. The molecule has 0 aromatic heterocycles. The summed E-state index contributed by atoms with van der Waals surface area (Å²) >= 11 is 0. The Morgan fingerprint density at radius 3 is 2.40 bits per heavy atom. The van der Waals surface area contributed by atoms with Crippen LogP contribution in [-0.4, -0.2) is 29.2 Å². The SMILES string of the molecule is CC(C)ON=C(N)N(OC(=O)C(C)O)c1ccccc1.